The van der Waals surface area contributed by atoms with E-state index in [-0.39, 0.29) is 0 Å². The molecule has 0 fully saturated rings. The van der Waals surface area contributed by atoms with E-state index < -0.39 is 5.41 Å². The van der Waals surface area contributed by atoms with Crippen molar-refractivity contribution in [3.63, 3.8) is 0 Å². The normalized spacial score (nSPS) is 13.1. The molecule has 1 spiro atoms. The number of fused-ring (bicyclic) bond motifs is 9. The molecule has 2 heterocycles. The largest absolute Gasteiger partial charge is 0.228 e. The molecule has 0 amide bonds. The standard InChI is InChI=1S/C48H29N3S/c49-30-36-16-11-19-41-46(36)37-28-35(26-27-38(37)48(41)39-17-7-9-20-44(39)52-45-21-10-8-18-40(45)48)31-22-24-33(25-23-31)43-29-42(32-12-3-1-4-13-32)50-47(51-43)34-14-5-2-6-15-34/h1-29H. The minimum Gasteiger partial charge on any atom is -0.228 e. The molecule has 4 heteroatoms. The lowest BCUT2D eigenvalue weighted by Gasteiger charge is -2.39. The summed E-state index contributed by atoms with van der Waals surface area (Å²) in [5, 5.41) is 10.4. The van der Waals surface area contributed by atoms with Gasteiger partial charge in [-0.2, -0.15) is 5.26 Å². The molecule has 3 nitrogen and oxygen atoms in total. The summed E-state index contributed by atoms with van der Waals surface area (Å²) in [6.07, 6.45) is 0. The molecule has 0 saturated heterocycles. The van der Waals surface area contributed by atoms with Crippen molar-refractivity contribution < 1.29 is 0 Å². The predicted molar refractivity (Wildman–Crippen MR) is 210 cm³/mol. The van der Waals surface area contributed by atoms with Crippen LogP contribution in [0.25, 0.3) is 56.2 Å². The van der Waals surface area contributed by atoms with Crippen LogP contribution in [0, 0.1) is 11.3 Å². The quantitative estimate of drug-likeness (QED) is 0.186. The molecule has 1 aliphatic heterocycles. The second-order valence-corrected chi connectivity index (χ2v) is 14.3. The zero-order chi connectivity index (χ0) is 34.6. The number of benzene rings is 7. The van der Waals surface area contributed by atoms with Crippen molar-refractivity contribution in [3.05, 3.63) is 204 Å². The first-order valence-corrected chi connectivity index (χ1v) is 18.2. The molecule has 2 aliphatic rings. The predicted octanol–water partition coefficient (Wildman–Crippen LogP) is 11.8. The van der Waals surface area contributed by atoms with Crippen LogP contribution in [-0.2, 0) is 5.41 Å². The average molecular weight is 680 g/mol. The molecule has 0 atom stereocenters. The van der Waals surface area contributed by atoms with E-state index >= 15 is 0 Å². The Morgan fingerprint density at radius 3 is 1.63 bits per heavy atom. The minimum absolute atomic E-state index is 0.516. The first-order valence-electron chi connectivity index (χ1n) is 17.4. The summed E-state index contributed by atoms with van der Waals surface area (Å²) in [4.78, 5) is 12.5. The Labute approximate surface area is 307 Å². The molecule has 0 saturated carbocycles. The van der Waals surface area contributed by atoms with Gasteiger partial charge in [-0.1, -0.05) is 157 Å². The minimum atomic E-state index is -0.516. The van der Waals surface area contributed by atoms with Gasteiger partial charge in [-0.15, -0.1) is 0 Å². The molecule has 1 aromatic heterocycles. The lowest BCUT2D eigenvalue weighted by molar-refractivity contribution is 0.722. The third-order valence-electron chi connectivity index (χ3n) is 10.4. The average Bonchev–Trinajstić information content (AvgIpc) is 3.51. The molecular weight excluding hydrogens is 651 g/mol. The maximum atomic E-state index is 10.4. The van der Waals surface area contributed by atoms with Gasteiger partial charge in [-0.3, -0.25) is 0 Å². The highest BCUT2D eigenvalue weighted by Gasteiger charge is 2.50. The summed E-state index contributed by atoms with van der Waals surface area (Å²) in [5.41, 5.74) is 14.2. The Morgan fingerprint density at radius 1 is 0.442 bits per heavy atom. The van der Waals surface area contributed by atoms with E-state index in [9.17, 15) is 5.26 Å². The highest BCUT2D eigenvalue weighted by atomic mass is 32.2. The molecular formula is C48H29N3S. The van der Waals surface area contributed by atoms with Crippen molar-refractivity contribution in [2.75, 3.05) is 0 Å². The molecule has 7 aromatic carbocycles. The van der Waals surface area contributed by atoms with Crippen molar-refractivity contribution in [2.45, 2.75) is 15.2 Å². The Bertz CT molecular complexity index is 2610. The van der Waals surface area contributed by atoms with Gasteiger partial charge in [0.05, 0.1) is 28.4 Å². The monoisotopic (exact) mass is 679 g/mol. The molecule has 0 bridgehead atoms. The van der Waals surface area contributed by atoms with Crippen LogP contribution in [0.15, 0.2) is 186 Å². The summed E-state index contributed by atoms with van der Waals surface area (Å²) in [5.74, 6) is 0.699. The van der Waals surface area contributed by atoms with E-state index in [1.165, 1.54) is 32.0 Å². The fourth-order valence-electron chi connectivity index (χ4n) is 8.13. The second-order valence-electron chi connectivity index (χ2n) is 13.2. The van der Waals surface area contributed by atoms with Crippen molar-refractivity contribution in [2.24, 2.45) is 0 Å². The first kappa shape index (κ1) is 30.3. The van der Waals surface area contributed by atoms with Gasteiger partial charge in [-0.05, 0) is 69.3 Å². The number of nitrogens with zero attached hydrogens (tertiary/aromatic N) is 3. The highest BCUT2D eigenvalue weighted by Crippen LogP contribution is 2.62. The van der Waals surface area contributed by atoms with Crippen molar-refractivity contribution in [1.82, 2.24) is 9.97 Å². The summed E-state index contributed by atoms with van der Waals surface area (Å²) < 4.78 is 0. The van der Waals surface area contributed by atoms with Gasteiger partial charge in [-0.25, -0.2) is 9.97 Å². The fraction of sp³-hybridized carbons (Fsp3) is 0.0208. The van der Waals surface area contributed by atoms with Crippen molar-refractivity contribution in [3.8, 4) is 62.2 Å². The van der Waals surface area contributed by atoms with Gasteiger partial charge in [0.15, 0.2) is 5.82 Å². The Kier molecular flexibility index (Phi) is 7.02. The van der Waals surface area contributed by atoms with Crippen LogP contribution in [0.3, 0.4) is 0 Å². The molecule has 0 N–H and O–H groups in total. The third kappa shape index (κ3) is 4.60. The lowest BCUT2D eigenvalue weighted by atomic mass is 9.67. The smallest absolute Gasteiger partial charge is 0.160 e. The highest BCUT2D eigenvalue weighted by molar-refractivity contribution is 7.99. The Hall–Kier alpha value is -6.54. The topological polar surface area (TPSA) is 49.6 Å². The van der Waals surface area contributed by atoms with E-state index in [1.807, 2.05) is 72.4 Å². The van der Waals surface area contributed by atoms with Crippen molar-refractivity contribution in [1.29, 1.82) is 5.26 Å². The number of aromatic nitrogens is 2. The SMILES string of the molecule is N#Cc1cccc2c1-c1cc(-c3ccc(-c4cc(-c5ccccc5)nc(-c5ccccc5)n4)cc3)ccc1C21c2ccccc2Sc2ccccc21. The number of hydrogen-bond donors (Lipinski definition) is 0. The zero-order valence-electron chi connectivity index (χ0n) is 28.0. The van der Waals surface area contributed by atoms with Crippen LogP contribution in [0.1, 0.15) is 27.8 Å². The van der Waals surface area contributed by atoms with Gasteiger partial charge in [0.25, 0.3) is 0 Å². The summed E-state index contributed by atoms with van der Waals surface area (Å²) in [6.45, 7) is 0. The van der Waals surface area contributed by atoms with Crippen LogP contribution in [-0.4, -0.2) is 9.97 Å². The van der Waals surface area contributed by atoms with Crippen molar-refractivity contribution >= 4 is 11.8 Å². The molecule has 8 aromatic rings. The van der Waals surface area contributed by atoms with Crippen LogP contribution >= 0.6 is 11.8 Å². The van der Waals surface area contributed by atoms with E-state index in [0.717, 1.165) is 50.3 Å². The van der Waals surface area contributed by atoms with Gasteiger partial charge in [0.2, 0.25) is 0 Å². The van der Waals surface area contributed by atoms with Gasteiger partial charge < -0.3 is 0 Å². The Morgan fingerprint density at radius 2 is 0.981 bits per heavy atom. The molecule has 242 valence electrons. The maximum absolute atomic E-state index is 10.4. The van der Waals surface area contributed by atoms with E-state index in [1.54, 1.807) is 0 Å². The van der Waals surface area contributed by atoms with Gasteiger partial charge in [0.1, 0.15) is 0 Å². The van der Waals surface area contributed by atoms with Gasteiger partial charge in [0, 0.05) is 32.0 Å². The molecule has 0 unspecified atom stereocenters. The molecule has 52 heavy (non-hydrogen) atoms. The molecule has 0 radical (unpaired) electrons. The lowest BCUT2D eigenvalue weighted by Crippen LogP contribution is -2.31. The van der Waals surface area contributed by atoms with E-state index in [4.69, 9.17) is 9.97 Å². The molecule has 1 aliphatic carbocycles. The second kappa shape index (κ2) is 12.1. The number of nitriles is 1. The third-order valence-corrected chi connectivity index (χ3v) is 11.6. The van der Waals surface area contributed by atoms with E-state index in [0.29, 0.717) is 11.4 Å². The zero-order valence-corrected chi connectivity index (χ0v) is 28.8. The summed E-state index contributed by atoms with van der Waals surface area (Å²) in [7, 11) is 0. The van der Waals surface area contributed by atoms with E-state index in [2.05, 4.69) is 121 Å². The van der Waals surface area contributed by atoms with Crippen LogP contribution in [0.5, 0.6) is 0 Å². The Balaban J connectivity index is 1.11. The first-order chi connectivity index (χ1) is 25.7. The van der Waals surface area contributed by atoms with Crippen LogP contribution < -0.4 is 0 Å². The fourth-order valence-corrected chi connectivity index (χ4v) is 9.32. The number of rotatable bonds is 4. The molecule has 10 rings (SSSR count). The number of hydrogen-bond acceptors (Lipinski definition) is 4. The van der Waals surface area contributed by atoms with Gasteiger partial charge >= 0.3 is 0 Å². The summed E-state index contributed by atoms with van der Waals surface area (Å²) in [6, 6.07) is 64.2. The van der Waals surface area contributed by atoms with Crippen LogP contribution in [0.4, 0.5) is 0 Å². The van der Waals surface area contributed by atoms with Crippen LogP contribution in [0.2, 0.25) is 0 Å². The maximum Gasteiger partial charge on any atom is 0.160 e. The summed E-state index contributed by atoms with van der Waals surface area (Å²) >= 11 is 1.83.